The van der Waals surface area contributed by atoms with E-state index in [0.717, 1.165) is 5.56 Å². The van der Waals surface area contributed by atoms with E-state index in [-0.39, 0.29) is 13.2 Å². The van der Waals surface area contributed by atoms with Gasteiger partial charge in [0.1, 0.15) is 12.4 Å². The Labute approximate surface area is 118 Å². The summed E-state index contributed by atoms with van der Waals surface area (Å²) >= 11 is 0. The highest BCUT2D eigenvalue weighted by atomic mass is 16.5. The number of aliphatic hydroxyl groups is 2. The van der Waals surface area contributed by atoms with Crippen molar-refractivity contribution < 1.29 is 14.9 Å². The highest BCUT2D eigenvalue weighted by molar-refractivity contribution is 5.38. The van der Waals surface area contributed by atoms with E-state index in [2.05, 4.69) is 0 Å². The first kappa shape index (κ1) is 14.5. The molecule has 0 aromatic heterocycles. The molecule has 20 heavy (non-hydrogen) atoms. The molecule has 0 saturated heterocycles. The summed E-state index contributed by atoms with van der Waals surface area (Å²) in [6, 6.07) is 15.0. The van der Waals surface area contributed by atoms with E-state index in [1.807, 2.05) is 30.3 Å². The minimum Gasteiger partial charge on any atom is -0.489 e. The van der Waals surface area contributed by atoms with Crippen molar-refractivity contribution in [1.29, 1.82) is 0 Å². The van der Waals surface area contributed by atoms with Gasteiger partial charge in [0.2, 0.25) is 0 Å². The van der Waals surface area contributed by atoms with Crippen molar-refractivity contribution in [1.82, 2.24) is 0 Å². The molecule has 4 heteroatoms. The van der Waals surface area contributed by atoms with Crippen LogP contribution in [0.15, 0.2) is 48.5 Å². The zero-order valence-electron chi connectivity index (χ0n) is 11.2. The molecule has 0 spiro atoms. The van der Waals surface area contributed by atoms with Crippen molar-refractivity contribution in [2.24, 2.45) is 5.73 Å². The smallest absolute Gasteiger partial charge is 0.125 e. The topological polar surface area (TPSA) is 75.7 Å². The Morgan fingerprint density at radius 1 is 1.10 bits per heavy atom. The molecule has 0 aliphatic rings. The fourth-order valence-electron chi connectivity index (χ4n) is 1.94. The van der Waals surface area contributed by atoms with Gasteiger partial charge in [-0.2, -0.15) is 0 Å². The number of aliphatic hydroxyl groups excluding tert-OH is 2. The van der Waals surface area contributed by atoms with Crippen LogP contribution in [0.3, 0.4) is 0 Å². The van der Waals surface area contributed by atoms with Crippen LogP contribution in [0.5, 0.6) is 5.75 Å². The van der Waals surface area contributed by atoms with Gasteiger partial charge in [-0.15, -0.1) is 0 Å². The third-order valence-electron chi connectivity index (χ3n) is 3.10. The summed E-state index contributed by atoms with van der Waals surface area (Å²) in [5, 5.41) is 19.1. The van der Waals surface area contributed by atoms with Gasteiger partial charge >= 0.3 is 0 Å². The van der Waals surface area contributed by atoms with E-state index >= 15 is 0 Å². The van der Waals surface area contributed by atoms with Gasteiger partial charge in [0.05, 0.1) is 12.7 Å². The lowest BCUT2D eigenvalue weighted by atomic mass is 10.1. The van der Waals surface area contributed by atoms with Gasteiger partial charge < -0.3 is 20.7 Å². The lowest BCUT2D eigenvalue weighted by molar-refractivity contribution is 0.186. The SMILES string of the molecule is NCC(O)c1ccc(OCc2ccccc2)c(CO)c1. The summed E-state index contributed by atoms with van der Waals surface area (Å²) < 4.78 is 5.71. The molecule has 106 valence electrons. The Kier molecular flexibility index (Phi) is 5.12. The van der Waals surface area contributed by atoms with Crippen LogP contribution >= 0.6 is 0 Å². The zero-order valence-corrected chi connectivity index (χ0v) is 11.2. The Morgan fingerprint density at radius 2 is 1.85 bits per heavy atom. The second-order valence-electron chi connectivity index (χ2n) is 4.55. The average molecular weight is 273 g/mol. The fourth-order valence-corrected chi connectivity index (χ4v) is 1.94. The quantitative estimate of drug-likeness (QED) is 0.749. The van der Waals surface area contributed by atoms with Crippen molar-refractivity contribution in [3.8, 4) is 5.75 Å². The van der Waals surface area contributed by atoms with Gasteiger partial charge in [-0.05, 0) is 23.3 Å². The Morgan fingerprint density at radius 3 is 2.50 bits per heavy atom. The van der Waals surface area contributed by atoms with Gasteiger partial charge in [-0.1, -0.05) is 36.4 Å². The predicted molar refractivity (Wildman–Crippen MR) is 77.2 cm³/mol. The maximum atomic E-state index is 9.70. The third kappa shape index (κ3) is 3.57. The number of rotatable bonds is 6. The molecule has 0 saturated carbocycles. The molecule has 0 fully saturated rings. The second kappa shape index (κ2) is 7.05. The van der Waals surface area contributed by atoms with Crippen LogP contribution < -0.4 is 10.5 Å². The molecular weight excluding hydrogens is 254 g/mol. The molecule has 0 radical (unpaired) electrons. The van der Waals surface area contributed by atoms with Crippen LogP contribution in [-0.4, -0.2) is 16.8 Å². The monoisotopic (exact) mass is 273 g/mol. The molecule has 0 aliphatic heterocycles. The van der Waals surface area contributed by atoms with Gasteiger partial charge in [0.15, 0.2) is 0 Å². The summed E-state index contributed by atoms with van der Waals surface area (Å²) in [5.74, 6) is 0.615. The van der Waals surface area contributed by atoms with Crippen molar-refractivity contribution in [2.75, 3.05) is 6.54 Å². The van der Waals surface area contributed by atoms with Crippen LogP contribution in [0, 0.1) is 0 Å². The molecule has 0 bridgehead atoms. The Balaban J connectivity index is 2.11. The highest BCUT2D eigenvalue weighted by Crippen LogP contribution is 2.24. The van der Waals surface area contributed by atoms with Crippen LogP contribution in [-0.2, 0) is 13.2 Å². The number of ether oxygens (including phenoxy) is 1. The third-order valence-corrected chi connectivity index (χ3v) is 3.10. The minimum atomic E-state index is -0.719. The predicted octanol–water partition coefficient (Wildman–Crippen LogP) is 1.75. The van der Waals surface area contributed by atoms with Crippen LogP contribution in [0.2, 0.25) is 0 Å². The Hall–Kier alpha value is -1.88. The molecule has 1 atom stereocenters. The minimum absolute atomic E-state index is 0.144. The van der Waals surface area contributed by atoms with Gasteiger partial charge in [0.25, 0.3) is 0 Å². The van der Waals surface area contributed by atoms with E-state index in [4.69, 9.17) is 10.5 Å². The number of hydrogen-bond donors (Lipinski definition) is 3. The van der Waals surface area contributed by atoms with E-state index < -0.39 is 6.10 Å². The first-order valence-electron chi connectivity index (χ1n) is 6.53. The van der Waals surface area contributed by atoms with Crippen molar-refractivity contribution in [3.63, 3.8) is 0 Å². The normalized spacial score (nSPS) is 12.2. The molecule has 4 nitrogen and oxygen atoms in total. The zero-order chi connectivity index (χ0) is 14.4. The molecule has 0 amide bonds. The summed E-state index contributed by atoms with van der Waals surface area (Å²) in [4.78, 5) is 0. The van der Waals surface area contributed by atoms with E-state index in [1.165, 1.54) is 0 Å². The standard InChI is InChI=1S/C16H19NO3/c17-9-15(19)13-6-7-16(14(8-13)10-18)20-11-12-4-2-1-3-5-12/h1-8,15,18-19H,9-11,17H2. The molecule has 4 N–H and O–H groups in total. The molecular formula is C16H19NO3. The highest BCUT2D eigenvalue weighted by Gasteiger charge is 2.10. The van der Waals surface area contributed by atoms with E-state index in [0.29, 0.717) is 23.5 Å². The van der Waals surface area contributed by atoms with Crippen molar-refractivity contribution >= 4 is 0 Å². The summed E-state index contributed by atoms with van der Waals surface area (Å²) in [7, 11) is 0. The Bertz CT molecular complexity index is 543. The van der Waals surface area contributed by atoms with Crippen LogP contribution in [0.4, 0.5) is 0 Å². The van der Waals surface area contributed by atoms with Gasteiger partial charge in [-0.3, -0.25) is 0 Å². The van der Waals surface area contributed by atoms with Gasteiger partial charge in [0, 0.05) is 12.1 Å². The van der Waals surface area contributed by atoms with Crippen molar-refractivity contribution in [2.45, 2.75) is 19.3 Å². The average Bonchev–Trinajstić information content (AvgIpc) is 2.53. The number of hydrogen-bond acceptors (Lipinski definition) is 4. The van der Waals surface area contributed by atoms with E-state index in [9.17, 15) is 10.2 Å². The lowest BCUT2D eigenvalue weighted by Crippen LogP contribution is -2.12. The van der Waals surface area contributed by atoms with E-state index in [1.54, 1.807) is 18.2 Å². The number of nitrogens with two attached hydrogens (primary N) is 1. The molecule has 2 rings (SSSR count). The first-order chi connectivity index (χ1) is 9.74. The first-order valence-corrected chi connectivity index (χ1v) is 6.53. The molecule has 2 aromatic carbocycles. The molecule has 1 unspecified atom stereocenters. The summed E-state index contributed by atoms with van der Waals surface area (Å²) in [5.41, 5.74) is 7.81. The molecule has 2 aromatic rings. The van der Waals surface area contributed by atoms with Gasteiger partial charge in [-0.25, -0.2) is 0 Å². The fraction of sp³-hybridized carbons (Fsp3) is 0.250. The van der Waals surface area contributed by atoms with Crippen molar-refractivity contribution in [3.05, 3.63) is 65.2 Å². The second-order valence-corrected chi connectivity index (χ2v) is 4.55. The summed E-state index contributed by atoms with van der Waals surface area (Å²) in [6.07, 6.45) is -0.719. The maximum absolute atomic E-state index is 9.70. The number of benzene rings is 2. The van der Waals surface area contributed by atoms with Crippen LogP contribution in [0.25, 0.3) is 0 Å². The maximum Gasteiger partial charge on any atom is 0.125 e. The summed E-state index contributed by atoms with van der Waals surface area (Å²) in [6.45, 7) is 0.441. The molecule has 0 aliphatic carbocycles. The largest absolute Gasteiger partial charge is 0.489 e. The molecule has 0 heterocycles. The lowest BCUT2D eigenvalue weighted by Gasteiger charge is -2.14. The van der Waals surface area contributed by atoms with Crippen LogP contribution in [0.1, 0.15) is 22.8 Å².